The number of carbonyl (C=O) groups is 2. The average Bonchev–Trinajstić information content (AvgIpc) is 3.26. The predicted octanol–water partition coefficient (Wildman–Crippen LogP) is 2.29. The number of thiophene rings is 1. The second-order valence-electron chi connectivity index (χ2n) is 5.50. The molecule has 2 aromatic rings. The molecule has 1 N–H and O–H groups in total. The minimum absolute atomic E-state index is 0.0512. The summed E-state index contributed by atoms with van der Waals surface area (Å²) in [6, 6.07) is 3.99. The van der Waals surface area contributed by atoms with Gasteiger partial charge in [0.2, 0.25) is 5.91 Å². The topological polar surface area (TPSA) is 65.5 Å². The van der Waals surface area contributed by atoms with E-state index in [4.69, 9.17) is 0 Å². The van der Waals surface area contributed by atoms with Gasteiger partial charge >= 0.3 is 6.03 Å². The van der Waals surface area contributed by atoms with Crippen molar-refractivity contribution >= 4 is 34.6 Å². The van der Waals surface area contributed by atoms with Gasteiger partial charge in [0, 0.05) is 38.1 Å². The van der Waals surface area contributed by atoms with Gasteiger partial charge in [-0.05, 0) is 18.4 Å². The minimum Gasteiger partial charge on any atom is -0.339 e. The maximum absolute atomic E-state index is 12.4. The Morgan fingerprint density at radius 1 is 1.21 bits per heavy atom. The number of thiazole rings is 1. The first-order chi connectivity index (χ1) is 11.7. The molecule has 0 atom stereocenters. The van der Waals surface area contributed by atoms with E-state index < -0.39 is 0 Å². The van der Waals surface area contributed by atoms with Gasteiger partial charge in [0.25, 0.3) is 0 Å². The van der Waals surface area contributed by atoms with Crippen molar-refractivity contribution in [1.82, 2.24) is 20.1 Å². The fourth-order valence-corrected chi connectivity index (χ4v) is 4.22. The molecular formula is C16H20N4O2S2. The maximum Gasteiger partial charge on any atom is 0.317 e. The summed E-state index contributed by atoms with van der Waals surface area (Å²) in [7, 11) is 0. The van der Waals surface area contributed by atoms with Gasteiger partial charge in [-0.1, -0.05) is 6.07 Å². The number of piperazine rings is 1. The lowest BCUT2D eigenvalue weighted by Crippen LogP contribution is -2.53. The fraction of sp³-hybridized carbons (Fsp3) is 0.438. The minimum atomic E-state index is -0.0512. The van der Waals surface area contributed by atoms with Gasteiger partial charge in [0.05, 0.1) is 17.0 Å². The highest BCUT2D eigenvalue weighted by molar-refractivity contribution is 7.20. The zero-order valence-electron chi connectivity index (χ0n) is 13.5. The Bertz CT molecular complexity index is 691. The van der Waals surface area contributed by atoms with Crippen molar-refractivity contribution in [1.29, 1.82) is 0 Å². The smallest absolute Gasteiger partial charge is 0.317 e. The van der Waals surface area contributed by atoms with Crippen LogP contribution in [-0.4, -0.2) is 59.4 Å². The van der Waals surface area contributed by atoms with Crippen LogP contribution in [0.15, 0.2) is 22.9 Å². The molecule has 0 aromatic carbocycles. The molecule has 6 nitrogen and oxygen atoms in total. The van der Waals surface area contributed by atoms with Crippen molar-refractivity contribution in [3.8, 4) is 9.88 Å². The SMILES string of the molecule is CCNC(=O)N1CCN(C(=O)Cc2csc(-c3cccs3)n2)CC1. The average molecular weight is 364 g/mol. The zero-order valence-corrected chi connectivity index (χ0v) is 15.2. The predicted molar refractivity (Wildman–Crippen MR) is 96.4 cm³/mol. The number of hydrogen-bond acceptors (Lipinski definition) is 5. The molecule has 0 bridgehead atoms. The molecule has 128 valence electrons. The molecule has 1 fully saturated rings. The third-order valence-electron chi connectivity index (χ3n) is 3.86. The van der Waals surface area contributed by atoms with E-state index in [0.29, 0.717) is 39.1 Å². The first-order valence-electron chi connectivity index (χ1n) is 7.96. The molecular weight excluding hydrogens is 344 g/mol. The maximum atomic E-state index is 12.4. The van der Waals surface area contributed by atoms with Crippen LogP contribution in [0.2, 0.25) is 0 Å². The van der Waals surface area contributed by atoms with Gasteiger partial charge < -0.3 is 15.1 Å². The van der Waals surface area contributed by atoms with Gasteiger partial charge in [-0.3, -0.25) is 4.79 Å². The van der Waals surface area contributed by atoms with E-state index in [2.05, 4.69) is 10.3 Å². The monoisotopic (exact) mass is 364 g/mol. The van der Waals surface area contributed by atoms with E-state index in [1.165, 1.54) is 0 Å². The molecule has 1 saturated heterocycles. The molecule has 1 aliphatic rings. The number of nitrogens with zero attached hydrogens (tertiary/aromatic N) is 3. The Morgan fingerprint density at radius 2 is 1.96 bits per heavy atom. The number of aromatic nitrogens is 1. The fourth-order valence-electron chi connectivity index (χ4n) is 2.59. The molecule has 1 aliphatic heterocycles. The summed E-state index contributed by atoms with van der Waals surface area (Å²) in [6.45, 7) is 4.84. The summed E-state index contributed by atoms with van der Waals surface area (Å²) in [5.41, 5.74) is 0.819. The van der Waals surface area contributed by atoms with E-state index in [0.717, 1.165) is 15.6 Å². The van der Waals surface area contributed by atoms with Gasteiger partial charge in [-0.15, -0.1) is 22.7 Å². The van der Waals surface area contributed by atoms with Crippen molar-refractivity contribution in [3.05, 3.63) is 28.6 Å². The van der Waals surface area contributed by atoms with Crippen LogP contribution < -0.4 is 5.32 Å². The molecule has 3 rings (SSSR count). The van der Waals surface area contributed by atoms with Crippen LogP contribution in [-0.2, 0) is 11.2 Å². The van der Waals surface area contributed by atoms with E-state index in [1.807, 2.05) is 34.7 Å². The van der Waals surface area contributed by atoms with Crippen LogP contribution in [0.25, 0.3) is 9.88 Å². The highest BCUT2D eigenvalue weighted by Gasteiger charge is 2.24. The van der Waals surface area contributed by atoms with Crippen molar-refractivity contribution in [3.63, 3.8) is 0 Å². The molecule has 2 aromatic heterocycles. The van der Waals surface area contributed by atoms with Gasteiger partial charge in [0.15, 0.2) is 0 Å². The first-order valence-corrected chi connectivity index (χ1v) is 9.72. The van der Waals surface area contributed by atoms with E-state index in [1.54, 1.807) is 27.6 Å². The van der Waals surface area contributed by atoms with E-state index in [-0.39, 0.29) is 11.9 Å². The third-order valence-corrected chi connectivity index (χ3v) is 5.79. The Hall–Kier alpha value is -1.93. The number of rotatable bonds is 4. The van der Waals surface area contributed by atoms with Crippen LogP contribution in [0, 0.1) is 0 Å². The third kappa shape index (κ3) is 3.93. The number of carbonyl (C=O) groups excluding carboxylic acids is 2. The highest BCUT2D eigenvalue weighted by Crippen LogP contribution is 2.28. The standard InChI is InChI=1S/C16H20N4O2S2/c1-2-17-16(22)20-7-5-19(6-8-20)14(21)10-12-11-24-15(18-12)13-4-3-9-23-13/h3-4,9,11H,2,5-8,10H2,1H3,(H,17,22). The summed E-state index contributed by atoms with van der Waals surface area (Å²) in [4.78, 5) is 33.5. The number of amides is 3. The van der Waals surface area contributed by atoms with Gasteiger partial charge in [0.1, 0.15) is 5.01 Å². The van der Waals surface area contributed by atoms with Crippen molar-refractivity contribution in [2.75, 3.05) is 32.7 Å². The summed E-state index contributed by atoms with van der Waals surface area (Å²) >= 11 is 3.23. The second kappa shape index (κ2) is 7.76. The molecule has 0 radical (unpaired) electrons. The Morgan fingerprint density at radius 3 is 2.62 bits per heavy atom. The molecule has 3 amide bonds. The summed E-state index contributed by atoms with van der Waals surface area (Å²) < 4.78 is 0. The number of urea groups is 1. The molecule has 0 saturated carbocycles. The number of nitrogens with one attached hydrogen (secondary N) is 1. The van der Waals surface area contributed by atoms with Crippen molar-refractivity contribution < 1.29 is 9.59 Å². The van der Waals surface area contributed by atoms with E-state index in [9.17, 15) is 9.59 Å². The second-order valence-corrected chi connectivity index (χ2v) is 7.31. The lowest BCUT2D eigenvalue weighted by Gasteiger charge is -2.34. The van der Waals surface area contributed by atoms with Crippen molar-refractivity contribution in [2.45, 2.75) is 13.3 Å². The summed E-state index contributed by atoms with van der Waals surface area (Å²) in [5, 5.41) is 7.74. The Balaban J connectivity index is 1.52. The molecule has 8 heteroatoms. The van der Waals surface area contributed by atoms with Crippen LogP contribution in [0.1, 0.15) is 12.6 Å². The van der Waals surface area contributed by atoms with Crippen molar-refractivity contribution in [2.24, 2.45) is 0 Å². The summed E-state index contributed by atoms with van der Waals surface area (Å²) in [5.74, 6) is 0.0774. The molecule has 0 aliphatic carbocycles. The Kier molecular flexibility index (Phi) is 5.47. The lowest BCUT2D eigenvalue weighted by molar-refractivity contribution is -0.131. The molecule has 3 heterocycles. The summed E-state index contributed by atoms with van der Waals surface area (Å²) in [6.07, 6.45) is 0.322. The van der Waals surface area contributed by atoms with E-state index >= 15 is 0 Å². The van der Waals surface area contributed by atoms with Crippen LogP contribution in [0.5, 0.6) is 0 Å². The van der Waals surface area contributed by atoms with Gasteiger partial charge in [-0.2, -0.15) is 0 Å². The quantitative estimate of drug-likeness (QED) is 0.905. The largest absolute Gasteiger partial charge is 0.339 e. The highest BCUT2D eigenvalue weighted by atomic mass is 32.1. The molecule has 0 unspecified atom stereocenters. The Labute approximate surface area is 149 Å². The van der Waals surface area contributed by atoms with Crippen LogP contribution in [0.3, 0.4) is 0 Å². The van der Waals surface area contributed by atoms with Crippen LogP contribution in [0.4, 0.5) is 4.79 Å². The zero-order chi connectivity index (χ0) is 16.9. The normalized spacial score (nSPS) is 14.7. The number of hydrogen-bond donors (Lipinski definition) is 1. The molecule has 0 spiro atoms. The van der Waals surface area contributed by atoms with Crippen LogP contribution >= 0.6 is 22.7 Å². The lowest BCUT2D eigenvalue weighted by atomic mass is 10.2. The van der Waals surface area contributed by atoms with Gasteiger partial charge in [-0.25, -0.2) is 9.78 Å². The molecule has 24 heavy (non-hydrogen) atoms. The first kappa shape index (κ1) is 16.9.